The summed E-state index contributed by atoms with van der Waals surface area (Å²) in [6.07, 6.45) is 5.80. The molecule has 5 heteroatoms. The summed E-state index contributed by atoms with van der Waals surface area (Å²) in [7, 11) is 0. The lowest BCUT2D eigenvalue weighted by molar-refractivity contribution is -0.255. The van der Waals surface area contributed by atoms with Crippen LogP contribution < -0.4 is 0 Å². The molecule has 2 unspecified atom stereocenters. The van der Waals surface area contributed by atoms with Crippen LogP contribution >= 0.6 is 0 Å². The fraction of sp³-hybridized carbons (Fsp3) is 0.759. The lowest BCUT2D eigenvalue weighted by Gasteiger charge is -2.44. The van der Waals surface area contributed by atoms with E-state index in [9.17, 15) is 4.79 Å². The van der Waals surface area contributed by atoms with Gasteiger partial charge in [0.25, 0.3) is 0 Å². The molecule has 0 bridgehead atoms. The smallest absolute Gasteiger partial charge is 0.320 e. The van der Waals surface area contributed by atoms with Crippen molar-refractivity contribution in [3.63, 3.8) is 0 Å². The van der Waals surface area contributed by atoms with Gasteiger partial charge in [0.1, 0.15) is 5.60 Å². The van der Waals surface area contributed by atoms with Gasteiger partial charge in [-0.25, -0.2) is 0 Å². The molecule has 0 saturated carbocycles. The molecule has 0 aliphatic carbocycles. The van der Waals surface area contributed by atoms with Crippen LogP contribution in [-0.2, 0) is 25.6 Å². The largest absolute Gasteiger partial charge is 0.459 e. The second-order valence-corrected chi connectivity index (χ2v) is 11.2. The van der Waals surface area contributed by atoms with Gasteiger partial charge in [0.05, 0.1) is 19.3 Å². The quantitative estimate of drug-likeness (QED) is 0.242. The van der Waals surface area contributed by atoms with Gasteiger partial charge in [-0.3, -0.25) is 9.69 Å². The van der Waals surface area contributed by atoms with Gasteiger partial charge < -0.3 is 14.2 Å². The second-order valence-electron chi connectivity index (χ2n) is 11.2. The topological polar surface area (TPSA) is 48.0 Å². The van der Waals surface area contributed by atoms with E-state index in [0.29, 0.717) is 30.9 Å². The Labute approximate surface area is 208 Å². The van der Waals surface area contributed by atoms with E-state index in [0.717, 1.165) is 25.1 Å². The maximum absolute atomic E-state index is 12.6. The van der Waals surface area contributed by atoms with E-state index >= 15 is 0 Å². The van der Waals surface area contributed by atoms with Gasteiger partial charge in [-0.05, 0) is 51.1 Å². The van der Waals surface area contributed by atoms with Crippen LogP contribution in [0, 0.1) is 17.8 Å². The van der Waals surface area contributed by atoms with E-state index in [1.165, 1.54) is 25.7 Å². The number of esters is 1. The van der Waals surface area contributed by atoms with Crippen molar-refractivity contribution in [2.75, 3.05) is 19.6 Å². The molecule has 2 rings (SSSR count). The Morgan fingerprint density at radius 3 is 2.29 bits per heavy atom. The van der Waals surface area contributed by atoms with Gasteiger partial charge in [0.2, 0.25) is 0 Å². The van der Waals surface area contributed by atoms with E-state index in [1.54, 1.807) is 0 Å². The second kappa shape index (κ2) is 14.2. The minimum atomic E-state index is -0.473. The van der Waals surface area contributed by atoms with Crippen LogP contribution in [0.2, 0.25) is 0 Å². The molecule has 1 aliphatic heterocycles. The Morgan fingerprint density at radius 1 is 0.971 bits per heavy atom. The zero-order valence-corrected chi connectivity index (χ0v) is 22.7. The number of hydrogen-bond acceptors (Lipinski definition) is 5. The highest BCUT2D eigenvalue weighted by Gasteiger charge is 2.40. The fourth-order valence-electron chi connectivity index (χ4n) is 4.62. The molecule has 34 heavy (non-hydrogen) atoms. The van der Waals surface area contributed by atoms with E-state index in [4.69, 9.17) is 14.2 Å². The van der Waals surface area contributed by atoms with E-state index < -0.39 is 5.60 Å². The minimum Gasteiger partial charge on any atom is -0.459 e. The molecule has 0 spiro atoms. The molecular weight excluding hydrogens is 426 g/mol. The highest BCUT2D eigenvalue weighted by Crippen LogP contribution is 2.36. The first kappa shape index (κ1) is 28.8. The average Bonchev–Trinajstić information content (AvgIpc) is 2.77. The van der Waals surface area contributed by atoms with Crippen molar-refractivity contribution in [1.29, 1.82) is 0 Å². The predicted molar refractivity (Wildman–Crippen MR) is 138 cm³/mol. The Balaban J connectivity index is 2.02. The van der Waals surface area contributed by atoms with Gasteiger partial charge in [0, 0.05) is 12.5 Å². The lowest BCUT2D eigenvalue weighted by Crippen LogP contribution is -2.51. The zero-order valence-electron chi connectivity index (χ0n) is 22.7. The number of carbonyl (C=O) groups is 1. The molecule has 0 radical (unpaired) electrons. The third-order valence-electron chi connectivity index (χ3n) is 7.03. The van der Waals surface area contributed by atoms with Crippen molar-refractivity contribution in [2.24, 2.45) is 17.8 Å². The maximum Gasteiger partial charge on any atom is 0.320 e. The van der Waals surface area contributed by atoms with Crippen LogP contribution in [0.3, 0.4) is 0 Å². The molecule has 0 aromatic heterocycles. The minimum absolute atomic E-state index is 0.0186. The van der Waals surface area contributed by atoms with Gasteiger partial charge in [0.15, 0.2) is 6.29 Å². The van der Waals surface area contributed by atoms with Crippen molar-refractivity contribution in [1.82, 2.24) is 4.90 Å². The summed E-state index contributed by atoms with van der Waals surface area (Å²) in [5.41, 5.74) is 0.679. The van der Waals surface area contributed by atoms with Gasteiger partial charge in [-0.15, -0.1) is 0 Å². The van der Waals surface area contributed by atoms with E-state index in [2.05, 4.69) is 44.7 Å². The number of rotatable bonds is 13. The number of unbranched alkanes of at least 4 members (excludes halogenated alkanes) is 4. The lowest BCUT2D eigenvalue weighted by atomic mass is 9.78. The normalized spacial score (nSPS) is 25.5. The molecule has 1 fully saturated rings. The highest BCUT2D eigenvalue weighted by molar-refractivity contribution is 5.72. The van der Waals surface area contributed by atoms with Crippen molar-refractivity contribution in [3.05, 3.63) is 35.9 Å². The highest BCUT2D eigenvalue weighted by atomic mass is 16.7. The fourth-order valence-corrected chi connectivity index (χ4v) is 4.62. The standard InChI is InChI=1S/C29H49NO4/c1-8-9-10-11-15-18-30(20-27(31)34-29(5,6)7)19-26-23(3)22(2)24(4)28(33-26)32-21-25-16-13-12-14-17-25/h12-14,16-17,22-24,26,28H,8-11,15,18-21H2,1-7H3/t22-,23-,24?,26?,28-/m0/s1. The molecule has 1 aliphatic rings. The molecule has 1 aromatic rings. The number of hydrogen-bond donors (Lipinski definition) is 0. The molecule has 5 nitrogen and oxygen atoms in total. The van der Waals surface area contributed by atoms with Crippen LogP contribution in [0.4, 0.5) is 0 Å². The Bertz CT molecular complexity index is 702. The summed E-state index contributed by atoms with van der Waals surface area (Å²) in [4.78, 5) is 14.9. The van der Waals surface area contributed by atoms with E-state index in [-0.39, 0.29) is 18.4 Å². The maximum atomic E-state index is 12.6. The van der Waals surface area contributed by atoms with Crippen molar-refractivity contribution in [3.8, 4) is 0 Å². The first-order valence-corrected chi connectivity index (χ1v) is 13.4. The number of benzene rings is 1. The molecule has 194 valence electrons. The molecule has 5 atom stereocenters. The zero-order chi connectivity index (χ0) is 25.1. The molecule has 0 amide bonds. The summed E-state index contributed by atoms with van der Waals surface area (Å²) < 4.78 is 18.4. The summed E-state index contributed by atoms with van der Waals surface area (Å²) in [5, 5.41) is 0. The Hall–Kier alpha value is -1.43. The Kier molecular flexibility index (Phi) is 12.0. The first-order valence-electron chi connectivity index (χ1n) is 13.4. The number of carbonyl (C=O) groups excluding carboxylic acids is 1. The molecule has 0 N–H and O–H groups in total. The van der Waals surface area contributed by atoms with Crippen LogP contribution in [0.25, 0.3) is 0 Å². The monoisotopic (exact) mass is 475 g/mol. The Morgan fingerprint density at radius 2 is 1.65 bits per heavy atom. The average molecular weight is 476 g/mol. The van der Waals surface area contributed by atoms with E-state index in [1.807, 2.05) is 39.0 Å². The third kappa shape index (κ3) is 10.1. The number of ether oxygens (including phenoxy) is 3. The first-order chi connectivity index (χ1) is 16.1. The molecule has 1 aromatic carbocycles. The summed E-state index contributed by atoms with van der Waals surface area (Å²) in [6, 6.07) is 10.2. The van der Waals surface area contributed by atoms with Gasteiger partial charge in [-0.2, -0.15) is 0 Å². The SMILES string of the molecule is CCCCCCCN(CC(=O)OC(C)(C)C)CC1O[C@H](OCc2ccccc2)C(C)[C@@H](C)[C@@H]1C. The third-order valence-corrected chi connectivity index (χ3v) is 7.03. The van der Waals surface area contributed by atoms with Crippen LogP contribution in [0.5, 0.6) is 0 Å². The summed E-state index contributed by atoms with van der Waals surface area (Å²) in [5.74, 6) is 0.992. The van der Waals surface area contributed by atoms with Crippen LogP contribution in [-0.4, -0.2) is 48.5 Å². The number of nitrogens with zero attached hydrogens (tertiary/aromatic N) is 1. The van der Waals surface area contributed by atoms with Crippen molar-refractivity contribution in [2.45, 2.75) is 105 Å². The van der Waals surface area contributed by atoms with Gasteiger partial charge in [-0.1, -0.05) is 83.7 Å². The van der Waals surface area contributed by atoms with Crippen LogP contribution in [0.1, 0.15) is 86.1 Å². The summed E-state index contributed by atoms with van der Waals surface area (Å²) >= 11 is 0. The van der Waals surface area contributed by atoms with Crippen molar-refractivity contribution < 1.29 is 19.0 Å². The van der Waals surface area contributed by atoms with Crippen molar-refractivity contribution >= 4 is 5.97 Å². The van der Waals surface area contributed by atoms with Crippen LogP contribution in [0.15, 0.2) is 30.3 Å². The molecule has 1 heterocycles. The molecular formula is C29H49NO4. The summed E-state index contributed by atoms with van der Waals surface area (Å²) in [6.45, 7) is 17.2. The molecule has 1 saturated heterocycles. The predicted octanol–water partition coefficient (Wildman–Crippen LogP) is 6.45. The van der Waals surface area contributed by atoms with Gasteiger partial charge >= 0.3 is 5.97 Å².